The fourth-order valence-corrected chi connectivity index (χ4v) is 5.28. The Morgan fingerprint density at radius 3 is 2.30 bits per heavy atom. The van der Waals surface area contributed by atoms with E-state index in [1.54, 1.807) is 31.2 Å². The Balaban J connectivity index is 1.89. The Kier molecular flexibility index (Phi) is 7.89. The van der Waals surface area contributed by atoms with Crippen LogP contribution in [0, 0.1) is 20.8 Å². The van der Waals surface area contributed by atoms with Gasteiger partial charge in [-0.15, -0.1) is 0 Å². The first kappa shape index (κ1) is 24.5. The Labute approximate surface area is 196 Å². The van der Waals surface area contributed by atoms with E-state index in [-0.39, 0.29) is 18.0 Å². The minimum absolute atomic E-state index is 0.179. The molecule has 0 fully saturated rings. The predicted molar refractivity (Wildman–Crippen MR) is 131 cm³/mol. The molecule has 6 nitrogen and oxygen atoms in total. The van der Waals surface area contributed by atoms with Crippen LogP contribution in [0.4, 0.5) is 5.69 Å². The zero-order chi connectivity index (χ0) is 24.0. The quantitative estimate of drug-likeness (QED) is 0.504. The molecule has 0 saturated carbocycles. The van der Waals surface area contributed by atoms with Crippen LogP contribution in [0.2, 0.25) is 0 Å². The maximum absolute atomic E-state index is 13.6. The minimum Gasteiger partial charge on any atom is -0.495 e. The number of sulfonamides is 1. The largest absolute Gasteiger partial charge is 0.495 e. The number of amides is 1. The van der Waals surface area contributed by atoms with Crippen LogP contribution in [-0.4, -0.2) is 38.8 Å². The molecule has 174 valence electrons. The normalized spacial score (nSPS) is 11.4. The van der Waals surface area contributed by atoms with E-state index in [1.165, 1.54) is 11.4 Å². The lowest BCUT2D eigenvalue weighted by molar-refractivity contribution is -0.116. The number of anilines is 1. The summed E-state index contributed by atoms with van der Waals surface area (Å²) in [4.78, 5) is 13.2. The molecule has 0 atom stereocenters. The summed E-state index contributed by atoms with van der Waals surface area (Å²) in [5.74, 6) is 0.0861. The second-order valence-corrected chi connectivity index (χ2v) is 10.0. The number of hydrogen-bond donors (Lipinski definition) is 1. The summed E-state index contributed by atoms with van der Waals surface area (Å²) in [7, 11) is -2.37. The monoisotopic (exact) mass is 466 g/mol. The number of ether oxygens (including phenoxy) is 1. The third kappa shape index (κ3) is 6.21. The van der Waals surface area contributed by atoms with E-state index in [4.69, 9.17) is 4.74 Å². The lowest BCUT2D eigenvalue weighted by Crippen LogP contribution is -2.39. The summed E-state index contributed by atoms with van der Waals surface area (Å²) in [5, 5.41) is 2.81. The molecule has 7 heteroatoms. The van der Waals surface area contributed by atoms with Crippen LogP contribution in [0.1, 0.15) is 22.3 Å². The summed E-state index contributed by atoms with van der Waals surface area (Å²) < 4.78 is 33.8. The highest BCUT2D eigenvalue weighted by Crippen LogP contribution is 2.26. The number of nitrogens with zero attached hydrogens (tertiary/aromatic N) is 1. The smallest absolute Gasteiger partial charge is 0.243 e. The SMILES string of the molecule is COc1ccc(C)cc1NC(=O)CN(CCc1ccccc1)S(=O)(=O)c1cc(C)ccc1C. The number of benzene rings is 3. The Hall–Kier alpha value is -3.16. The lowest BCUT2D eigenvalue weighted by Gasteiger charge is -2.23. The van der Waals surface area contributed by atoms with Gasteiger partial charge in [0.05, 0.1) is 24.2 Å². The fourth-order valence-electron chi connectivity index (χ4n) is 3.58. The van der Waals surface area contributed by atoms with E-state index in [1.807, 2.05) is 56.3 Å². The molecule has 0 spiro atoms. The molecule has 0 saturated heterocycles. The second kappa shape index (κ2) is 10.6. The van der Waals surface area contributed by atoms with Crippen molar-refractivity contribution in [1.29, 1.82) is 0 Å². The van der Waals surface area contributed by atoms with Gasteiger partial charge < -0.3 is 10.1 Å². The molecule has 0 aliphatic carbocycles. The molecular weight excluding hydrogens is 436 g/mol. The van der Waals surface area contributed by atoms with Crippen molar-refractivity contribution in [2.24, 2.45) is 0 Å². The average Bonchev–Trinajstić information content (AvgIpc) is 2.79. The molecule has 1 N–H and O–H groups in total. The summed E-state index contributed by atoms with van der Waals surface area (Å²) in [6, 6.07) is 20.4. The average molecular weight is 467 g/mol. The first-order chi connectivity index (χ1) is 15.7. The summed E-state index contributed by atoms with van der Waals surface area (Å²) in [5.41, 5.74) is 3.95. The van der Waals surface area contributed by atoms with E-state index in [9.17, 15) is 13.2 Å². The van der Waals surface area contributed by atoms with Crippen LogP contribution in [0.15, 0.2) is 71.6 Å². The molecule has 0 radical (unpaired) electrons. The molecular formula is C26H30N2O4S. The Morgan fingerprint density at radius 1 is 0.939 bits per heavy atom. The standard InChI is InChI=1S/C26H30N2O4S/c1-19-11-13-24(32-4)23(16-19)27-26(29)18-28(15-14-22-8-6-5-7-9-22)33(30,31)25-17-20(2)10-12-21(25)3/h5-13,16-17H,14-15,18H2,1-4H3,(H,27,29). The van der Waals surface area contributed by atoms with Crippen LogP contribution in [-0.2, 0) is 21.2 Å². The number of methoxy groups -OCH3 is 1. The first-order valence-corrected chi connectivity index (χ1v) is 12.2. The zero-order valence-corrected chi connectivity index (χ0v) is 20.3. The molecule has 0 unspecified atom stereocenters. The van der Waals surface area contributed by atoms with Crippen LogP contribution < -0.4 is 10.1 Å². The van der Waals surface area contributed by atoms with Gasteiger partial charge in [0.25, 0.3) is 0 Å². The highest BCUT2D eigenvalue weighted by Gasteiger charge is 2.28. The third-order valence-corrected chi connectivity index (χ3v) is 7.39. The molecule has 0 aromatic heterocycles. The van der Waals surface area contributed by atoms with Gasteiger partial charge in [0.1, 0.15) is 5.75 Å². The van der Waals surface area contributed by atoms with Crippen molar-refractivity contribution in [1.82, 2.24) is 4.31 Å². The maximum atomic E-state index is 13.6. The number of rotatable bonds is 9. The molecule has 0 aliphatic rings. The van der Waals surface area contributed by atoms with Gasteiger partial charge in [-0.05, 0) is 67.6 Å². The molecule has 3 rings (SSSR count). The fraction of sp³-hybridized carbons (Fsp3) is 0.269. The van der Waals surface area contributed by atoms with Crippen molar-refractivity contribution < 1.29 is 17.9 Å². The molecule has 3 aromatic rings. The predicted octanol–water partition coefficient (Wildman–Crippen LogP) is 4.49. The summed E-state index contributed by atoms with van der Waals surface area (Å²) in [6.45, 7) is 5.40. The van der Waals surface area contributed by atoms with Gasteiger partial charge in [-0.3, -0.25) is 4.79 Å². The second-order valence-electron chi connectivity index (χ2n) is 8.10. The van der Waals surface area contributed by atoms with Crippen LogP contribution in [0.3, 0.4) is 0 Å². The molecule has 0 aliphatic heterocycles. The molecule has 0 heterocycles. The van der Waals surface area contributed by atoms with E-state index in [0.29, 0.717) is 23.4 Å². The van der Waals surface area contributed by atoms with E-state index in [0.717, 1.165) is 16.7 Å². The number of carbonyl (C=O) groups is 1. The highest BCUT2D eigenvalue weighted by atomic mass is 32.2. The maximum Gasteiger partial charge on any atom is 0.243 e. The molecule has 1 amide bonds. The topological polar surface area (TPSA) is 75.7 Å². The van der Waals surface area contributed by atoms with Crippen LogP contribution in [0.25, 0.3) is 0 Å². The number of hydrogen-bond acceptors (Lipinski definition) is 4. The molecule has 0 bridgehead atoms. The first-order valence-electron chi connectivity index (χ1n) is 10.8. The van der Waals surface area contributed by atoms with Gasteiger partial charge >= 0.3 is 0 Å². The highest BCUT2D eigenvalue weighted by molar-refractivity contribution is 7.89. The van der Waals surface area contributed by atoms with Crippen molar-refractivity contribution in [3.05, 3.63) is 89.0 Å². The number of nitrogens with one attached hydrogen (secondary N) is 1. The molecule has 33 heavy (non-hydrogen) atoms. The van der Waals surface area contributed by atoms with Crippen molar-refractivity contribution in [3.63, 3.8) is 0 Å². The van der Waals surface area contributed by atoms with E-state index >= 15 is 0 Å². The van der Waals surface area contributed by atoms with Crippen LogP contribution >= 0.6 is 0 Å². The van der Waals surface area contributed by atoms with Gasteiger partial charge in [0, 0.05) is 6.54 Å². The minimum atomic E-state index is -3.89. The zero-order valence-electron chi connectivity index (χ0n) is 19.5. The summed E-state index contributed by atoms with van der Waals surface area (Å²) >= 11 is 0. The molecule has 3 aromatic carbocycles. The lowest BCUT2D eigenvalue weighted by atomic mass is 10.1. The van der Waals surface area contributed by atoms with E-state index < -0.39 is 15.9 Å². The van der Waals surface area contributed by atoms with Gasteiger partial charge in [-0.25, -0.2) is 8.42 Å². The number of aryl methyl sites for hydroxylation is 3. The van der Waals surface area contributed by atoms with Gasteiger partial charge in [0.2, 0.25) is 15.9 Å². The van der Waals surface area contributed by atoms with Crippen molar-refractivity contribution >= 4 is 21.6 Å². The van der Waals surface area contributed by atoms with Crippen molar-refractivity contribution in [2.75, 3.05) is 25.5 Å². The third-order valence-electron chi connectivity index (χ3n) is 5.40. The van der Waals surface area contributed by atoms with Crippen molar-refractivity contribution in [3.8, 4) is 5.75 Å². The summed E-state index contributed by atoms with van der Waals surface area (Å²) in [6.07, 6.45) is 0.492. The number of carbonyl (C=O) groups excluding carboxylic acids is 1. The van der Waals surface area contributed by atoms with Gasteiger partial charge in [-0.2, -0.15) is 4.31 Å². The van der Waals surface area contributed by atoms with Gasteiger partial charge in [0.15, 0.2) is 0 Å². The van der Waals surface area contributed by atoms with Crippen molar-refractivity contribution in [2.45, 2.75) is 32.1 Å². The Morgan fingerprint density at radius 2 is 1.61 bits per heavy atom. The van der Waals surface area contributed by atoms with E-state index in [2.05, 4.69) is 5.32 Å². The van der Waals surface area contributed by atoms with Crippen LogP contribution in [0.5, 0.6) is 5.75 Å². The Bertz CT molecular complexity index is 1220. The van der Waals surface area contributed by atoms with Gasteiger partial charge in [-0.1, -0.05) is 48.5 Å².